The molecule has 2 rings (SSSR count). The van der Waals surface area contributed by atoms with Gasteiger partial charge in [0.1, 0.15) is 5.60 Å². The standard InChI is InChI=1S/C24H35NO2/c1-8-10-11-14-18(9-2)21-17-24(6,7)19-15-12-13-16-20(19)25(21)22(26)27-23(3,4)5/h2,12-13,15-16,18,21H,8,10-11,14,17H2,1,3-7H3. The molecule has 1 aliphatic heterocycles. The summed E-state index contributed by atoms with van der Waals surface area (Å²) in [4.78, 5) is 15.0. The molecular formula is C24H35NO2. The Kier molecular flexibility index (Phi) is 6.63. The van der Waals surface area contributed by atoms with E-state index in [1.54, 1.807) is 0 Å². The first-order valence-corrected chi connectivity index (χ1v) is 10.2. The Labute approximate surface area is 165 Å². The molecule has 0 aliphatic carbocycles. The Hall–Kier alpha value is -1.95. The molecule has 0 aromatic heterocycles. The van der Waals surface area contributed by atoms with Crippen molar-refractivity contribution in [1.29, 1.82) is 0 Å². The van der Waals surface area contributed by atoms with Crippen LogP contribution in [0.4, 0.5) is 10.5 Å². The second-order valence-electron chi connectivity index (χ2n) is 9.29. The number of hydrogen-bond acceptors (Lipinski definition) is 2. The van der Waals surface area contributed by atoms with Crippen LogP contribution in [0.15, 0.2) is 24.3 Å². The van der Waals surface area contributed by atoms with Crippen LogP contribution in [0.5, 0.6) is 0 Å². The lowest BCUT2D eigenvalue weighted by Gasteiger charge is -2.46. The molecule has 3 nitrogen and oxygen atoms in total. The highest BCUT2D eigenvalue weighted by atomic mass is 16.6. The lowest BCUT2D eigenvalue weighted by molar-refractivity contribution is 0.0544. The van der Waals surface area contributed by atoms with Gasteiger partial charge < -0.3 is 4.74 Å². The molecule has 3 heteroatoms. The fourth-order valence-electron chi connectivity index (χ4n) is 4.03. The summed E-state index contributed by atoms with van der Waals surface area (Å²) in [5, 5.41) is 0. The van der Waals surface area contributed by atoms with Crippen LogP contribution < -0.4 is 4.90 Å². The highest BCUT2D eigenvalue weighted by molar-refractivity contribution is 5.91. The zero-order chi connectivity index (χ0) is 20.2. The van der Waals surface area contributed by atoms with Gasteiger partial charge in [-0.2, -0.15) is 0 Å². The smallest absolute Gasteiger partial charge is 0.415 e. The van der Waals surface area contributed by atoms with Gasteiger partial charge in [0, 0.05) is 5.92 Å². The molecule has 1 amide bonds. The van der Waals surface area contributed by atoms with E-state index in [9.17, 15) is 4.79 Å². The number of para-hydroxylation sites is 1. The van der Waals surface area contributed by atoms with Crippen LogP contribution in [-0.4, -0.2) is 17.7 Å². The largest absolute Gasteiger partial charge is 0.443 e. The summed E-state index contributed by atoms with van der Waals surface area (Å²) in [6.07, 6.45) is 10.8. The van der Waals surface area contributed by atoms with E-state index in [1.165, 1.54) is 5.56 Å². The van der Waals surface area contributed by atoms with Gasteiger partial charge in [0.15, 0.2) is 0 Å². The Bertz CT molecular complexity index is 693. The second kappa shape index (κ2) is 8.38. The minimum atomic E-state index is -0.544. The number of unbranched alkanes of at least 4 members (excludes halogenated alkanes) is 2. The van der Waals surface area contributed by atoms with Gasteiger partial charge in [-0.3, -0.25) is 4.90 Å². The van der Waals surface area contributed by atoms with Crippen molar-refractivity contribution in [2.45, 2.75) is 90.7 Å². The summed E-state index contributed by atoms with van der Waals surface area (Å²) in [6, 6.07) is 8.11. The highest BCUT2D eigenvalue weighted by Gasteiger charge is 2.44. The third kappa shape index (κ3) is 5.06. The minimum Gasteiger partial charge on any atom is -0.443 e. The molecule has 148 valence electrons. The number of nitrogens with zero attached hydrogens (tertiary/aromatic N) is 1. The van der Waals surface area contributed by atoms with E-state index in [1.807, 2.05) is 43.9 Å². The van der Waals surface area contributed by atoms with Crippen LogP contribution in [0.2, 0.25) is 0 Å². The molecule has 27 heavy (non-hydrogen) atoms. The Morgan fingerprint density at radius 1 is 1.33 bits per heavy atom. The van der Waals surface area contributed by atoms with Gasteiger partial charge in [-0.05, 0) is 50.7 Å². The summed E-state index contributed by atoms with van der Waals surface area (Å²) in [5.41, 5.74) is 1.52. The minimum absolute atomic E-state index is 0.0247. The SMILES string of the molecule is C#CC(CCCCC)C1CC(C)(C)c2ccccc2N1C(=O)OC(C)(C)C. The summed E-state index contributed by atoms with van der Waals surface area (Å²) < 4.78 is 5.77. The monoisotopic (exact) mass is 369 g/mol. The van der Waals surface area contributed by atoms with Crippen molar-refractivity contribution in [3.8, 4) is 12.3 Å². The van der Waals surface area contributed by atoms with Crippen molar-refractivity contribution < 1.29 is 9.53 Å². The number of hydrogen-bond donors (Lipinski definition) is 0. The Morgan fingerprint density at radius 3 is 2.59 bits per heavy atom. The highest BCUT2D eigenvalue weighted by Crippen LogP contribution is 2.45. The first kappa shape index (κ1) is 21.4. The van der Waals surface area contributed by atoms with Crippen molar-refractivity contribution in [2.75, 3.05) is 4.90 Å². The van der Waals surface area contributed by atoms with E-state index in [4.69, 9.17) is 11.2 Å². The molecule has 1 aromatic carbocycles. The molecule has 1 aromatic rings. The van der Waals surface area contributed by atoms with E-state index in [-0.39, 0.29) is 23.5 Å². The fraction of sp³-hybridized carbons (Fsp3) is 0.625. The predicted octanol–water partition coefficient (Wildman–Crippen LogP) is 6.31. The van der Waals surface area contributed by atoms with Crippen molar-refractivity contribution in [3.63, 3.8) is 0 Å². The lowest BCUT2D eigenvalue weighted by atomic mass is 9.71. The normalized spacial score (nSPS) is 19.7. The first-order valence-electron chi connectivity index (χ1n) is 10.2. The number of rotatable bonds is 5. The molecule has 0 radical (unpaired) electrons. The van der Waals surface area contributed by atoms with Crippen molar-refractivity contribution in [1.82, 2.24) is 0 Å². The van der Waals surface area contributed by atoms with Crippen molar-refractivity contribution in [2.24, 2.45) is 5.92 Å². The van der Waals surface area contributed by atoms with Crippen LogP contribution in [0.3, 0.4) is 0 Å². The Morgan fingerprint density at radius 2 is 2.00 bits per heavy atom. The predicted molar refractivity (Wildman–Crippen MR) is 113 cm³/mol. The van der Waals surface area contributed by atoms with Gasteiger partial charge in [0.25, 0.3) is 0 Å². The van der Waals surface area contributed by atoms with E-state index >= 15 is 0 Å². The third-order valence-electron chi connectivity index (χ3n) is 5.33. The number of ether oxygens (including phenoxy) is 1. The molecule has 0 spiro atoms. The van der Waals surface area contributed by atoms with Crippen LogP contribution in [0.25, 0.3) is 0 Å². The summed E-state index contributed by atoms with van der Waals surface area (Å²) >= 11 is 0. The average molecular weight is 370 g/mol. The zero-order valence-corrected chi connectivity index (χ0v) is 17.8. The molecule has 2 atom stereocenters. The number of amides is 1. The molecule has 0 saturated carbocycles. The zero-order valence-electron chi connectivity index (χ0n) is 17.8. The van der Waals surface area contributed by atoms with E-state index in [2.05, 4.69) is 32.8 Å². The van der Waals surface area contributed by atoms with Gasteiger partial charge in [-0.25, -0.2) is 4.79 Å². The maximum absolute atomic E-state index is 13.2. The van der Waals surface area contributed by atoms with Gasteiger partial charge in [0.05, 0.1) is 11.7 Å². The molecular weight excluding hydrogens is 334 g/mol. The third-order valence-corrected chi connectivity index (χ3v) is 5.33. The Balaban J connectivity index is 2.46. The van der Waals surface area contributed by atoms with Crippen LogP contribution in [0.1, 0.15) is 79.2 Å². The maximum Gasteiger partial charge on any atom is 0.415 e. The van der Waals surface area contributed by atoms with E-state index < -0.39 is 5.60 Å². The van der Waals surface area contributed by atoms with Gasteiger partial charge in [-0.1, -0.05) is 58.2 Å². The van der Waals surface area contributed by atoms with E-state index in [0.29, 0.717) is 0 Å². The van der Waals surface area contributed by atoms with Crippen LogP contribution >= 0.6 is 0 Å². The number of benzene rings is 1. The molecule has 0 fully saturated rings. The van der Waals surface area contributed by atoms with Gasteiger partial charge >= 0.3 is 6.09 Å². The van der Waals surface area contributed by atoms with Crippen LogP contribution in [0, 0.1) is 18.3 Å². The molecule has 1 heterocycles. The van der Waals surface area contributed by atoms with Crippen molar-refractivity contribution in [3.05, 3.63) is 29.8 Å². The molecule has 0 bridgehead atoms. The number of anilines is 1. The number of carbonyl (C=O) groups is 1. The number of fused-ring (bicyclic) bond motifs is 1. The quantitative estimate of drug-likeness (QED) is 0.450. The fourth-order valence-corrected chi connectivity index (χ4v) is 4.03. The van der Waals surface area contributed by atoms with Gasteiger partial charge in [0.2, 0.25) is 0 Å². The maximum atomic E-state index is 13.2. The molecule has 2 unspecified atom stereocenters. The number of carbonyl (C=O) groups excluding carboxylic acids is 1. The molecule has 1 aliphatic rings. The summed E-state index contributed by atoms with van der Waals surface area (Å²) in [5.74, 6) is 3.02. The average Bonchev–Trinajstić information content (AvgIpc) is 2.56. The molecule has 0 N–H and O–H groups in total. The van der Waals surface area contributed by atoms with Crippen LogP contribution in [-0.2, 0) is 10.2 Å². The summed E-state index contributed by atoms with van der Waals surface area (Å²) in [7, 11) is 0. The second-order valence-corrected chi connectivity index (χ2v) is 9.29. The van der Waals surface area contributed by atoms with Gasteiger partial charge in [-0.15, -0.1) is 12.3 Å². The first-order chi connectivity index (χ1) is 12.6. The topological polar surface area (TPSA) is 29.5 Å². The van der Waals surface area contributed by atoms with E-state index in [0.717, 1.165) is 37.8 Å². The summed E-state index contributed by atoms with van der Waals surface area (Å²) in [6.45, 7) is 12.4. The lowest BCUT2D eigenvalue weighted by Crippen LogP contribution is -2.52. The number of terminal acetylenes is 1. The molecule has 0 saturated heterocycles. The van der Waals surface area contributed by atoms with Crippen molar-refractivity contribution >= 4 is 11.8 Å².